The molecular weight excluding hydrogens is 1930 g/mol. The molecule has 460 valence electrons. The van der Waals surface area contributed by atoms with E-state index in [1.165, 1.54) is 54.2 Å². The first kappa shape index (κ1) is 72.6. The Balaban J connectivity index is 0.000000175. The van der Waals surface area contributed by atoms with E-state index in [0.29, 0.717) is 22.3 Å². The van der Waals surface area contributed by atoms with Gasteiger partial charge in [-0.3, -0.25) is 23.7 Å². The van der Waals surface area contributed by atoms with E-state index < -0.39 is 31.7 Å². The molecule has 14 rings (SSSR count). The van der Waals surface area contributed by atoms with Crippen molar-refractivity contribution in [2.24, 2.45) is 0 Å². The summed E-state index contributed by atoms with van der Waals surface area (Å²) < 4.78 is 11.3. The first-order valence-corrected chi connectivity index (χ1v) is 35.8. The van der Waals surface area contributed by atoms with Gasteiger partial charge in [0.05, 0.1) is 0 Å². The van der Waals surface area contributed by atoms with Crippen LogP contribution in [-0.4, -0.2) is 11.8 Å². The third-order valence-electron chi connectivity index (χ3n) is 15.2. The van der Waals surface area contributed by atoms with Crippen molar-refractivity contribution in [3.05, 3.63) is 363 Å². The molecule has 2 aromatic heterocycles. The molecule has 10 heteroatoms. The second-order valence-electron chi connectivity index (χ2n) is 20.7. The maximum Gasteiger partial charge on any atom is 1.00 e. The van der Waals surface area contributed by atoms with Gasteiger partial charge in [-0.15, -0.1) is 70.8 Å². The first-order chi connectivity index (χ1) is 43.5. The van der Waals surface area contributed by atoms with Crippen LogP contribution in [0.3, 0.4) is 0 Å². The smallest absolute Gasteiger partial charge is 0.456 e. The van der Waals surface area contributed by atoms with Crippen LogP contribution in [0.5, 0.6) is 0 Å². The average molecular weight is 1990 g/mol. The molecule has 0 aliphatic heterocycles. The molecule has 0 atom stereocenters. The number of hydrogen-bond donors (Lipinski definition) is 0. The van der Waals surface area contributed by atoms with Crippen molar-refractivity contribution in [3.63, 3.8) is 0 Å². The summed E-state index contributed by atoms with van der Waals surface area (Å²) in [5.41, 5.74) is 5.97. The van der Waals surface area contributed by atoms with Crippen LogP contribution >= 0.6 is 31.7 Å². The molecule has 0 unspecified atom stereocenters. The molecule has 0 bridgehead atoms. The maximum atomic E-state index is 7.14. The summed E-state index contributed by atoms with van der Waals surface area (Å²) in [4.78, 5) is 0. The molecule has 0 saturated heterocycles. The Morgan fingerprint density at radius 1 is 0.217 bits per heavy atom. The number of rotatable bonds is 12. The first-order valence-electron chi connectivity index (χ1n) is 29.0. The molecule has 0 radical (unpaired) electrons. The molecule has 0 amide bonds. The zero-order valence-electron chi connectivity index (χ0n) is 49.5. The van der Waals surface area contributed by atoms with E-state index in [0.717, 1.165) is 43.9 Å². The van der Waals surface area contributed by atoms with Crippen LogP contribution in [0.4, 0.5) is 0 Å². The van der Waals surface area contributed by atoms with Gasteiger partial charge in [0.1, 0.15) is 96.5 Å². The van der Waals surface area contributed by atoms with Crippen molar-refractivity contribution in [2.45, 2.75) is 0 Å². The zero-order valence-corrected chi connectivity index (χ0v) is 62.1. The average Bonchev–Trinajstić information content (AvgIpc) is 2.52. The monoisotopic (exact) mass is 1990 g/mol. The van der Waals surface area contributed by atoms with Gasteiger partial charge in [0.25, 0.3) is 0 Å². The molecule has 14 aromatic rings. The molecule has 12 aromatic carbocycles. The molecule has 2 heterocycles. The van der Waals surface area contributed by atoms with Crippen molar-refractivity contribution in [1.82, 2.24) is 0 Å². The van der Waals surface area contributed by atoms with Crippen LogP contribution in [0.25, 0.3) is 43.9 Å². The quantitative estimate of drug-likeness (QED) is 0.0527. The second-order valence-corrected chi connectivity index (χ2v) is 32.0. The Kier molecular flexibility index (Phi) is 29.3. The maximum absolute atomic E-state index is 7.14. The zero-order chi connectivity index (χ0) is 60.3. The Bertz CT molecular complexity index is 3980. The van der Waals surface area contributed by atoms with Crippen molar-refractivity contribution in [3.8, 4) is 23.7 Å². The van der Waals surface area contributed by atoms with E-state index >= 15 is 0 Å². The van der Waals surface area contributed by atoms with Crippen LogP contribution in [0.15, 0.2) is 324 Å². The largest absolute Gasteiger partial charge is 1.00 e. The normalized spacial score (nSPS) is 10.3. The van der Waals surface area contributed by atoms with E-state index in [2.05, 4.69) is 266 Å². The van der Waals surface area contributed by atoms with Gasteiger partial charge >= 0.3 is 89.5 Å². The predicted octanol–water partition coefficient (Wildman–Crippen LogP) is 16.3. The van der Waals surface area contributed by atoms with Gasteiger partial charge in [-0.05, 0) is 121 Å². The summed E-state index contributed by atoms with van der Waals surface area (Å²) >= 11 is 0. The Morgan fingerprint density at radius 2 is 0.370 bits per heavy atom. The predicted molar refractivity (Wildman–Crippen MR) is 384 cm³/mol. The summed E-state index contributed by atoms with van der Waals surface area (Å²) in [7, 11) is -3.39. The minimum Gasteiger partial charge on any atom is -0.456 e. The third-order valence-corrected chi connectivity index (χ3v) is 29.1. The molecule has 0 aliphatic rings. The van der Waals surface area contributed by atoms with Gasteiger partial charge in [-0.1, -0.05) is 146 Å². The molecular formula is C82H60Au4O2P4+4. The van der Waals surface area contributed by atoms with Crippen LogP contribution in [0.2, 0.25) is 0 Å². The summed E-state index contributed by atoms with van der Waals surface area (Å²) in [6.45, 7) is 0. The van der Waals surface area contributed by atoms with Gasteiger partial charge < -0.3 is 34.5 Å². The van der Waals surface area contributed by atoms with E-state index in [9.17, 15) is 0 Å². The number of benzene rings is 12. The number of hydrogen-bond acceptors (Lipinski definition) is 2. The van der Waals surface area contributed by atoms with E-state index in [1.54, 1.807) is 24.3 Å². The van der Waals surface area contributed by atoms with Gasteiger partial charge in [0.2, 0.25) is 0 Å². The SMILES string of the molecule is [Au+].[Au+].[Au+].[Au+].[C-]#Cc1ccc2oc3ccc(C#[C-])cc3c2c1.[C-]#Cc1ccc2oc3ccc(C#[C-])cc3c2c1.c1ccc([PH+](C[PH+](c2ccccc2)c2ccccc2)c2ccccc2)cc1.c1ccc([PH+](C[PH+](c2ccccc2)c2ccccc2)c2ccccc2)cc1. The van der Waals surface area contributed by atoms with E-state index in [1.807, 2.05) is 48.5 Å². The van der Waals surface area contributed by atoms with Crippen LogP contribution in [0.1, 0.15) is 22.3 Å². The fourth-order valence-corrected chi connectivity index (χ4v) is 26.3. The molecule has 0 saturated carbocycles. The van der Waals surface area contributed by atoms with E-state index in [4.69, 9.17) is 34.5 Å². The van der Waals surface area contributed by atoms with Gasteiger partial charge in [-0.2, -0.15) is 0 Å². The molecule has 0 aliphatic carbocycles. The van der Waals surface area contributed by atoms with Gasteiger partial charge in [-0.25, -0.2) is 0 Å². The van der Waals surface area contributed by atoms with Crippen LogP contribution in [0, 0.1) is 49.4 Å². The summed E-state index contributed by atoms with van der Waals surface area (Å²) in [5, 5.41) is 15.8. The topological polar surface area (TPSA) is 26.3 Å². The fourth-order valence-electron chi connectivity index (χ4n) is 10.8. The summed E-state index contributed by atoms with van der Waals surface area (Å²) in [6, 6.07) is 111. The minimum absolute atomic E-state index is 0. The molecule has 0 fully saturated rings. The molecule has 0 spiro atoms. The Labute approximate surface area is 608 Å². The minimum atomic E-state index is -0.847. The van der Waals surface area contributed by atoms with Crippen LogP contribution < -0.4 is 42.4 Å². The Hall–Kier alpha value is -6.84. The van der Waals surface area contributed by atoms with Gasteiger partial charge in [0, 0.05) is 21.5 Å². The fraction of sp³-hybridized carbons (Fsp3) is 0.0244. The molecule has 2 nitrogen and oxygen atoms in total. The Morgan fingerprint density at radius 3 is 0.511 bits per heavy atom. The summed E-state index contributed by atoms with van der Waals surface area (Å²) in [6.07, 6.45) is 28.5. The molecule has 0 N–H and O–H groups in total. The second kappa shape index (κ2) is 37.2. The number of fused-ring (bicyclic) bond motifs is 6. The van der Waals surface area contributed by atoms with Crippen molar-refractivity contribution >= 4 is 118 Å². The van der Waals surface area contributed by atoms with E-state index in [-0.39, 0.29) is 89.5 Å². The third kappa shape index (κ3) is 18.7. The standard InChI is InChI=1S/2C25H22P2.2C16H6O.4Au/c2*1-5-13-22(14-6-1)26(23-15-7-2-8-16-23)21-27(24-17-9-3-10-18-24)25-19-11-4-12-20-25;2*1-3-11-5-7-15-13(9-11)14-10-12(4-2)6-8-16(14)17-15;;;;/h2*1-20H,21H2;2*5-10H;;;;/q;;2*-2;4*+1/p+4. The van der Waals surface area contributed by atoms with Crippen molar-refractivity contribution in [2.75, 3.05) is 11.8 Å². The van der Waals surface area contributed by atoms with Gasteiger partial charge in [0.15, 0.2) is 11.8 Å². The summed E-state index contributed by atoms with van der Waals surface area (Å²) in [5.74, 6) is 11.9. The van der Waals surface area contributed by atoms with Crippen LogP contribution in [-0.2, 0) is 89.5 Å². The molecule has 92 heavy (non-hydrogen) atoms. The van der Waals surface area contributed by atoms with Crippen molar-refractivity contribution < 1.29 is 98.4 Å². The number of furan rings is 2. The van der Waals surface area contributed by atoms with Crippen molar-refractivity contribution in [1.29, 1.82) is 0 Å².